The molecule has 7 nitrogen and oxygen atoms in total. The van der Waals surface area contributed by atoms with E-state index in [-0.39, 0.29) is 23.6 Å². The highest BCUT2D eigenvalue weighted by atomic mass is 19.1. The minimum atomic E-state index is -0.725. The summed E-state index contributed by atoms with van der Waals surface area (Å²) in [5.41, 5.74) is 0.709. The van der Waals surface area contributed by atoms with Gasteiger partial charge >= 0.3 is 6.03 Å². The quantitative estimate of drug-likeness (QED) is 0.695. The molecule has 140 valence electrons. The van der Waals surface area contributed by atoms with E-state index in [4.69, 9.17) is 0 Å². The highest BCUT2D eigenvalue weighted by Crippen LogP contribution is 2.31. The lowest BCUT2D eigenvalue weighted by molar-refractivity contribution is 0.0846. The van der Waals surface area contributed by atoms with Crippen LogP contribution in [0.25, 0.3) is 21.9 Å². The van der Waals surface area contributed by atoms with Gasteiger partial charge in [0, 0.05) is 16.8 Å². The Morgan fingerprint density at radius 1 is 1.22 bits per heavy atom. The van der Waals surface area contributed by atoms with Crippen molar-refractivity contribution in [3.05, 3.63) is 36.0 Å². The van der Waals surface area contributed by atoms with Gasteiger partial charge in [-0.1, -0.05) is 0 Å². The Kier molecular flexibility index (Phi) is 3.69. The fourth-order valence-electron chi connectivity index (χ4n) is 3.99. The second kappa shape index (κ2) is 5.73. The molecule has 4 rings (SSSR count). The van der Waals surface area contributed by atoms with Crippen molar-refractivity contribution < 1.29 is 14.0 Å². The van der Waals surface area contributed by atoms with Crippen molar-refractivity contribution in [2.75, 3.05) is 0 Å². The summed E-state index contributed by atoms with van der Waals surface area (Å²) in [5.74, 6) is -0.734. The Bertz CT molecular complexity index is 1090. The topological polar surface area (TPSA) is 91.0 Å². The van der Waals surface area contributed by atoms with E-state index in [0.717, 1.165) is 6.20 Å². The lowest BCUT2D eigenvalue weighted by Gasteiger charge is -2.36. The zero-order chi connectivity index (χ0) is 19.5. The molecular weight excluding hydrogens is 349 g/mol. The number of rotatable bonds is 3. The molecule has 0 spiro atoms. The number of fused-ring (bicyclic) bond motifs is 3. The third-order valence-electron chi connectivity index (χ3n) is 5.15. The first-order valence-corrected chi connectivity index (χ1v) is 8.77. The Morgan fingerprint density at radius 2 is 1.96 bits per heavy atom. The minimum Gasteiger partial charge on any atom is -0.338 e. The van der Waals surface area contributed by atoms with Crippen molar-refractivity contribution >= 4 is 33.8 Å². The number of halogens is 1. The number of amides is 2. The number of carbonyl (C=O) groups is 2. The third-order valence-corrected chi connectivity index (χ3v) is 5.15. The van der Waals surface area contributed by atoms with Gasteiger partial charge in [-0.3, -0.25) is 9.78 Å². The van der Waals surface area contributed by atoms with Gasteiger partial charge in [0.05, 0.1) is 23.4 Å². The van der Waals surface area contributed by atoms with Crippen LogP contribution < -0.4 is 5.32 Å². The van der Waals surface area contributed by atoms with Crippen LogP contribution in [0, 0.1) is 5.82 Å². The number of ketones is 1. The highest BCUT2D eigenvalue weighted by molar-refractivity contribution is 6.10. The van der Waals surface area contributed by atoms with Gasteiger partial charge in [-0.25, -0.2) is 14.2 Å². The first kappa shape index (κ1) is 17.4. The molecule has 3 aromatic heterocycles. The van der Waals surface area contributed by atoms with Gasteiger partial charge < -0.3 is 15.2 Å². The first-order valence-electron chi connectivity index (χ1n) is 8.77. The molecule has 0 aromatic carbocycles. The summed E-state index contributed by atoms with van der Waals surface area (Å²) in [6.07, 6.45) is 2.67. The average molecular weight is 369 g/mol. The van der Waals surface area contributed by atoms with E-state index in [0.29, 0.717) is 21.9 Å². The minimum absolute atomic E-state index is 0.0455. The van der Waals surface area contributed by atoms with Crippen molar-refractivity contribution in [2.24, 2.45) is 0 Å². The Balaban J connectivity index is 1.78. The van der Waals surface area contributed by atoms with Crippen LogP contribution in [0.4, 0.5) is 9.18 Å². The zero-order valence-corrected chi connectivity index (χ0v) is 15.5. The molecular formula is C19H20FN5O2. The number of hydrogen-bond acceptors (Lipinski definition) is 4. The van der Waals surface area contributed by atoms with E-state index in [1.165, 1.54) is 12.3 Å². The molecule has 3 aromatic rings. The van der Waals surface area contributed by atoms with Gasteiger partial charge in [0.15, 0.2) is 0 Å². The van der Waals surface area contributed by atoms with Crippen LogP contribution in [-0.2, 0) is 0 Å². The molecule has 1 fully saturated rings. The predicted octanol–water partition coefficient (Wildman–Crippen LogP) is 3.01. The molecule has 27 heavy (non-hydrogen) atoms. The molecule has 0 aliphatic carbocycles. The molecule has 2 N–H and O–H groups in total. The molecule has 1 aliphatic heterocycles. The summed E-state index contributed by atoms with van der Waals surface area (Å²) in [6, 6.07) is 1.95. The number of carbonyl (C=O) groups excluding carboxylic acids is 2. The maximum atomic E-state index is 13.6. The fourth-order valence-corrected chi connectivity index (χ4v) is 3.99. The van der Waals surface area contributed by atoms with E-state index in [9.17, 15) is 14.0 Å². The van der Waals surface area contributed by atoms with Gasteiger partial charge in [-0.05, 0) is 39.8 Å². The SMILES string of the molecule is CC(C)N1C(=O)NC(C(=O)c2cc3c(cn2)[nH]c2ncc(F)cc23)C1(C)C. The molecule has 1 unspecified atom stereocenters. The van der Waals surface area contributed by atoms with Crippen molar-refractivity contribution in [3.8, 4) is 0 Å². The molecule has 2 amide bonds. The largest absolute Gasteiger partial charge is 0.338 e. The Morgan fingerprint density at radius 3 is 2.63 bits per heavy atom. The third kappa shape index (κ3) is 2.55. The number of aromatic nitrogens is 3. The van der Waals surface area contributed by atoms with Crippen LogP contribution in [0.3, 0.4) is 0 Å². The molecule has 8 heteroatoms. The van der Waals surface area contributed by atoms with Crippen LogP contribution in [0.15, 0.2) is 24.5 Å². The molecule has 1 aliphatic rings. The van der Waals surface area contributed by atoms with Crippen molar-refractivity contribution in [3.63, 3.8) is 0 Å². The van der Waals surface area contributed by atoms with Gasteiger partial charge in [0.2, 0.25) is 5.78 Å². The van der Waals surface area contributed by atoms with Crippen molar-refractivity contribution in [1.29, 1.82) is 0 Å². The number of aromatic amines is 1. The standard InChI is InChI=1S/C19H20FN5O2/c1-9(2)25-18(27)24-16(19(25,3)4)15(26)13-6-11-12-5-10(20)7-22-17(12)23-14(11)8-21-13/h5-9,16H,1-4H3,(H,22,23)(H,24,27). The number of hydrogen-bond donors (Lipinski definition) is 2. The zero-order valence-electron chi connectivity index (χ0n) is 15.5. The number of Topliss-reactive ketones (excluding diaryl/α,β-unsaturated/α-hetero) is 1. The maximum Gasteiger partial charge on any atom is 0.318 e. The molecule has 1 saturated heterocycles. The van der Waals surface area contributed by atoms with Crippen molar-refractivity contribution in [2.45, 2.75) is 45.3 Å². The monoisotopic (exact) mass is 369 g/mol. The van der Waals surface area contributed by atoms with E-state index >= 15 is 0 Å². The molecule has 0 bridgehead atoms. The highest BCUT2D eigenvalue weighted by Gasteiger charge is 2.50. The second-order valence-electron chi connectivity index (χ2n) is 7.65. The number of nitrogens with one attached hydrogen (secondary N) is 2. The van der Waals surface area contributed by atoms with Gasteiger partial charge in [0.25, 0.3) is 0 Å². The number of H-pyrrole nitrogens is 1. The van der Waals surface area contributed by atoms with Crippen LogP contribution in [0.2, 0.25) is 0 Å². The van der Waals surface area contributed by atoms with Crippen LogP contribution in [0.5, 0.6) is 0 Å². The number of pyridine rings is 2. The summed E-state index contributed by atoms with van der Waals surface area (Å²) >= 11 is 0. The smallest absolute Gasteiger partial charge is 0.318 e. The van der Waals surface area contributed by atoms with Gasteiger partial charge in [-0.2, -0.15) is 0 Å². The lowest BCUT2D eigenvalue weighted by Crippen LogP contribution is -2.52. The van der Waals surface area contributed by atoms with Gasteiger partial charge in [0.1, 0.15) is 23.2 Å². The molecule has 0 saturated carbocycles. The average Bonchev–Trinajstić information content (AvgIpc) is 3.07. The summed E-state index contributed by atoms with van der Waals surface area (Å²) in [7, 11) is 0. The fraction of sp³-hybridized carbons (Fsp3) is 0.368. The van der Waals surface area contributed by atoms with Crippen LogP contribution >= 0.6 is 0 Å². The summed E-state index contributed by atoms with van der Waals surface area (Å²) in [6.45, 7) is 7.53. The Labute approximate surface area is 155 Å². The van der Waals surface area contributed by atoms with Crippen LogP contribution in [-0.4, -0.2) is 49.3 Å². The molecule has 1 atom stereocenters. The first-order chi connectivity index (χ1) is 12.7. The van der Waals surface area contributed by atoms with Gasteiger partial charge in [-0.15, -0.1) is 0 Å². The Hall–Kier alpha value is -3.03. The number of nitrogens with zero attached hydrogens (tertiary/aromatic N) is 3. The lowest BCUT2D eigenvalue weighted by atomic mass is 9.89. The van der Waals surface area contributed by atoms with Crippen LogP contribution in [0.1, 0.15) is 38.2 Å². The van der Waals surface area contributed by atoms with Crippen molar-refractivity contribution in [1.82, 2.24) is 25.2 Å². The van der Waals surface area contributed by atoms with E-state index in [1.807, 2.05) is 27.7 Å². The van der Waals surface area contributed by atoms with E-state index in [1.54, 1.807) is 11.0 Å². The molecule has 4 heterocycles. The summed E-state index contributed by atoms with van der Waals surface area (Å²) < 4.78 is 13.6. The predicted molar refractivity (Wildman–Crippen MR) is 99.1 cm³/mol. The maximum absolute atomic E-state index is 13.6. The number of urea groups is 1. The second-order valence-corrected chi connectivity index (χ2v) is 7.65. The summed E-state index contributed by atoms with van der Waals surface area (Å²) in [5, 5.41) is 4.03. The normalized spacial score (nSPS) is 19.3. The van der Waals surface area contributed by atoms with E-state index < -0.39 is 17.4 Å². The summed E-state index contributed by atoms with van der Waals surface area (Å²) in [4.78, 5) is 38.5. The molecule has 0 radical (unpaired) electrons. The van der Waals surface area contributed by atoms with E-state index in [2.05, 4.69) is 20.3 Å².